The number of nitrogens with one attached hydrogen (secondary N) is 1. The predicted molar refractivity (Wildman–Crippen MR) is 132 cm³/mol. The van der Waals surface area contributed by atoms with E-state index in [9.17, 15) is 17.6 Å². The highest BCUT2D eigenvalue weighted by Crippen LogP contribution is 2.25. The summed E-state index contributed by atoms with van der Waals surface area (Å²) < 4.78 is 50.6. The van der Waals surface area contributed by atoms with E-state index in [1.165, 1.54) is 19.2 Å². The van der Waals surface area contributed by atoms with Crippen molar-refractivity contribution in [1.82, 2.24) is 0 Å². The Morgan fingerprint density at radius 1 is 1.00 bits per heavy atom. The maximum absolute atomic E-state index is 13.1. The van der Waals surface area contributed by atoms with Crippen LogP contribution in [0.25, 0.3) is 0 Å². The topological polar surface area (TPSA) is 88.2 Å². The van der Waals surface area contributed by atoms with E-state index in [1.54, 1.807) is 24.3 Å². The van der Waals surface area contributed by atoms with Crippen LogP contribution in [0.4, 0.5) is 21.5 Å². The van der Waals surface area contributed by atoms with Gasteiger partial charge in [-0.3, -0.25) is 9.10 Å². The second kappa shape index (κ2) is 10.7. The highest BCUT2D eigenvalue weighted by molar-refractivity contribution is 7.92. The quantitative estimate of drug-likeness (QED) is 0.511. The Morgan fingerprint density at radius 2 is 1.63 bits per heavy atom. The van der Waals surface area contributed by atoms with Gasteiger partial charge in [0, 0.05) is 31.5 Å². The van der Waals surface area contributed by atoms with Crippen LogP contribution >= 0.6 is 0 Å². The van der Waals surface area contributed by atoms with Crippen molar-refractivity contribution in [3.63, 3.8) is 0 Å². The van der Waals surface area contributed by atoms with Gasteiger partial charge in [-0.1, -0.05) is 0 Å². The standard InChI is InChI=1S/C25H26FN3O5S/c1-28(35(31,32)24-12-2-19(26)3-13-24)21-8-10-23(11-9-21)34-18-25(30)27-20-4-6-22(7-5-20)29-14-16-33-17-15-29/h2-13H,14-18H2,1H3,(H,27,30). The summed E-state index contributed by atoms with van der Waals surface area (Å²) in [5, 5.41) is 2.79. The number of nitrogens with zero attached hydrogens (tertiary/aromatic N) is 2. The fourth-order valence-electron chi connectivity index (χ4n) is 3.58. The number of hydrogen-bond acceptors (Lipinski definition) is 6. The first kappa shape index (κ1) is 24.5. The molecule has 8 nitrogen and oxygen atoms in total. The number of halogens is 1. The second-order valence-electron chi connectivity index (χ2n) is 7.90. The van der Waals surface area contributed by atoms with Crippen molar-refractivity contribution in [3.8, 4) is 5.75 Å². The highest BCUT2D eigenvalue weighted by Gasteiger charge is 2.21. The summed E-state index contributed by atoms with van der Waals surface area (Å²) in [6.45, 7) is 2.89. The molecule has 0 aliphatic carbocycles. The lowest BCUT2D eigenvalue weighted by Gasteiger charge is -2.28. The average Bonchev–Trinajstić information content (AvgIpc) is 2.88. The molecule has 3 aromatic carbocycles. The van der Waals surface area contributed by atoms with Gasteiger partial charge in [-0.05, 0) is 72.8 Å². The van der Waals surface area contributed by atoms with Crippen LogP contribution in [0, 0.1) is 5.82 Å². The summed E-state index contributed by atoms with van der Waals surface area (Å²) in [6, 6.07) is 18.5. The maximum atomic E-state index is 13.1. The summed E-state index contributed by atoms with van der Waals surface area (Å²) in [7, 11) is -2.43. The summed E-state index contributed by atoms with van der Waals surface area (Å²) in [5.41, 5.74) is 2.14. The largest absolute Gasteiger partial charge is 0.484 e. The van der Waals surface area contributed by atoms with E-state index in [0.29, 0.717) is 30.3 Å². The monoisotopic (exact) mass is 499 g/mol. The number of ether oxygens (including phenoxy) is 2. The lowest BCUT2D eigenvalue weighted by atomic mass is 10.2. The molecule has 3 aromatic rings. The minimum atomic E-state index is -3.84. The molecule has 184 valence electrons. The Morgan fingerprint density at radius 3 is 2.26 bits per heavy atom. The maximum Gasteiger partial charge on any atom is 0.264 e. The van der Waals surface area contributed by atoms with Crippen LogP contribution in [0.2, 0.25) is 0 Å². The van der Waals surface area contributed by atoms with E-state index >= 15 is 0 Å². The number of anilines is 3. The first-order chi connectivity index (χ1) is 16.8. The fourth-order valence-corrected chi connectivity index (χ4v) is 4.77. The molecule has 1 heterocycles. The molecule has 0 saturated carbocycles. The van der Waals surface area contributed by atoms with E-state index in [-0.39, 0.29) is 17.4 Å². The molecule has 0 aromatic heterocycles. The van der Waals surface area contributed by atoms with Gasteiger partial charge in [0.25, 0.3) is 15.9 Å². The smallest absolute Gasteiger partial charge is 0.264 e. The number of carbonyl (C=O) groups is 1. The molecule has 0 spiro atoms. The van der Waals surface area contributed by atoms with Crippen molar-refractivity contribution in [2.45, 2.75) is 4.90 Å². The number of carbonyl (C=O) groups excluding carboxylic acids is 1. The van der Waals surface area contributed by atoms with Gasteiger partial charge in [0.1, 0.15) is 11.6 Å². The van der Waals surface area contributed by atoms with Crippen molar-refractivity contribution in [1.29, 1.82) is 0 Å². The van der Waals surface area contributed by atoms with E-state index < -0.39 is 15.8 Å². The van der Waals surface area contributed by atoms with Crippen LogP contribution in [0.15, 0.2) is 77.7 Å². The van der Waals surface area contributed by atoms with Gasteiger partial charge in [-0.2, -0.15) is 0 Å². The van der Waals surface area contributed by atoms with Crippen LogP contribution < -0.4 is 19.3 Å². The number of morpholine rings is 1. The minimum absolute atomic E-state index is 0.0172. The molecule has 0 atom stereocenters. The van der Waals surface area contributed by atoms with Crippen LogP contribution in [-0.4, -0.2) is 54.3 Å². The van der Waals surface area contributed by atoms with Crippen molar-refractivity contribution in [2.24, 2.45) is 0 Å². The van der Waals surface area contributed by atoms with Crippen molar-refractivity contribution < 1.29 is 27.1 Å². The van der Waals surface area contributed by atoms with E-state index in [4.69, 9.17) is 9.47 Å². The fraction of sp³-hybridized carbons (Fsp3) is 0.240. The van der Waals surface area contributed by atoms with Gasteiger partial charge in [-0.15, -0.1) is 0 Å². The van der Waals surface area contributed by atoms with Crippen molar-refractivity contribution in [3.05, 3.63) is 78.6 Å². The molecule has 1 aliphatic rings. The number of hydrogen-bond donors (Lipinski definition) is 1. The van der Waals surface area contributed by atoms with Gasteiger partial charge in [0.15, 0.2) is 6.61 Å². The van der Waals surface area contributed by atoms with Gasteiger partial charge in [0.2, 0.25) is 0 Å². The van der Waals surface area contributed by atoms with Crippen LogP contribution in [-0.2, 0) is 19.6 Å². The zero-order valence-corrected chi connectivity index (χ0v) is 20.0. The first-order valence-electron chi connectivity index (χ1n) is 11.0. The Hall–Kier alpha value is -3.63. The van der Waals surface area contributed by atoms with Gasteiger partial charge in [0.05, 0.1) is 23.8 Å². The third kappa shape index (κ3) is 6.09. The highest BCUT2D eigenvalue weighted by atomic mass is 32.2. The Bertz CT molecular complexity index is 1240. The number of rotatable bonds is 8. The molecule has 4 rings (SSSR count). The normalized spacial score (nSPS) is 13.8. The van der Waals surface area contributed by atoms with Crippen molar-refractivity contribution in [2.75, 3.05) is 54.5 Å². The molecule has 0 unspecified atom stereocenters. The molecule has 10 heteroatoms. The van der Waals surface area contributed by atoms with Crippen molar-refractivity contribution >= 4 is 33.0 Å². The number of amides is 1. The zero-order chi connectivity index (χ0) is 24.8. The van der Waals surface area contributed by atoms with Gasteiger partial charge in [-0.25, -0.2) is 12.8 Å². The lowest BCUT2D eigenvalue weighted by Crippen LogP contribution is -2.36. The van der Waals surface area contributed by atoms with Crippen LogP contribution in [0.3, 0.4) is 0 Å². The zero-order valence-electron chi connectivity index (χ0n) is 19.2. The molecule has 1 aliphatic heterocycles. The van der Waals surface area contributed by atoms with E-state index in [2.05, 4.69) is 10.2 Å². The minimum Gasteiger partial charge on any atom is -0.484 e. The third-order valence-corrected chi connectivity index (χ3v) is 7.37. The summed E-state index contributed by atoms with van der Waals surface area (Å²) >= 11 is 0. The summed E-state index contributed by atoms with van der Waals surface area (Å²) in [6.07, 6.45) is 0. The Labute approximate surface area is 203 Å². The Balaban J connectivity index is 1.30. The molecular formula is C25H26FN3O5S. The SMILES string of the molecule is CN(c1ccc(OCC(=O)Nc2ccc(N3CCOCC3)cc2)cc1)S(=O)(=O)c1ccc(F)cc1. The predicted octanol–water partition coefficient (Wildman–Crippen LogP) is 3.50. The molecule has 0 radical (unpaired) electrons. The van der Waals surface area contributed by atoms with E-state index in [1.807, 2.05) is 24.3 Å². The lowest BCUT2D eigenvalue weighted by molar-refractivity contribution is -0.118. The van der Waals surface area contributed by atoms with Gasteiger partial charge >= 0.3 is 0 Å². The number of sulfonamides is 1. The third-order valence-electron chi connectivity index (χ3n) is 5.57. The molecule has 1 fully saturated rings. The number of benzene rings is 3. The van der Waals surface area contributed by atoms with Gasteiger partial charge < -0.3 is 19.7 Å². The Kier molecular flexibility index (Phi) is 7.52. The molecular weight excluding hydrogens is 473 g/mol. The summed E-state index contributed by atoms with van der Waals surface area (Å²) in [4.78, 5) is 14.5. The first-order valence-corrected chi connectivity index (χ1v) is 12.5. The average molecular weight is 500 g/mol. The molecule has 0 bridgehead atoms. The van der Waals surface area contributed by atoms with Crippen LogP contribution in [0.5, 0.6) is 5.75 Å². The van der Waals surface area contributed by atoms with E-state index in [0.717, 1.165) is 35.2 Å². The molecule has 1 amide bonds. The second-order valence-corrected chi connectivity index (χ2v) is 9.87. The molecule has 35 heavy (non-hydrogen) atoms. The molecule has 1 N–H and O–H groups in total. The van der Waals surface area contributed by atoms with Crippen LogP contribution in [0.1, 0.15) is 0 Å². The summed E-state index contributed by atoms with van der Waals surface area (Å²) in [5.74, 6) is -0.412. The molecule has 1 saturated heterocycles.